The number of Topliss-reactive ketones (excluding diaryl/α,β-unsaturated/α-hetero) is 1. The first kappa shape index (κ1) is 15.7. The third-order valence-electron chi connectivity index (χ3n) is 6.12. The van der Waals surface area contributed by atoms with Crippen LogP contribution in [-0.4, -0.2) is 18.4 Å². The number of benzene rings is 1. The third kappa shape index (κ3) is 2.64. The predicted molar refractivity (Wildman–Crippen MR) is 82.3 cm³/mol. The number of carbonyl (C=O) groups is 2. The van der Waals surface area contributed by atoms with Crippen molar-refractivity contribution in [3.8, 4) is 0 Å². The van der Waals surface area contributed by atoms with E-state index >= 15 is 0 Å². The number of ether oxygens (including phenoxy) is 1. The molecular weight excluding hydrogens is 314 g/mol. The zero-order valence-corrected chi connectivity index (χ0v) is 13.4. The Balaban J connectivity index is 1.42. The Morgan fingerprint density at radius 1 is 1.04 bits per heavy atom. The van der Waals surface area contributed by atoms with Gasteiger partial charge in [0.2, 0.25) is 0 Å². The number of rotatable bonds is 4. The first-order chi connectivity index (χ1) is 11.4. The summed E-state index contributed by atoms with van der Waals surface area (Å²) < 4.78 is 31.6. The van der Waals surface area contributed by atoms with Gasteiger partial charge in [0.1, 0.15) is 11.6 Å². The van der Waals surface area contributed by atoms with Crippen molar-refractivity contribution in [2.75, 3.05) is 6.61 Å². The molecule has 4 aliphatic rings. The van der Waals surface area contributed by atoms with E-state index in [4.69, 9.17) is 4.74 Å². The highest BCUT2D eigenvalue weighted by Gasteiger charge is 2.54. The van der Waals surface area contributed by atoms with Gasteiger partial charge in [-0.2, -0.15) is 0 Å². The molecule has 3 nitrogen and oxygen atoms in total. The van der Waals surface area contributed by atoms with Crippen LogP contribution in [0.5, 0.6) is 0 Å². The van der Waals surface area contributed by atoms with Crippen molar-refractivity contribution in [2.45, 2.75) is 38.5 Å². The van der Waals surface area contributed by atoms with E-state index in [0.29, 0.717) is 23.8 Å². The quantitative estimate of drug-likeness (QED) is 0.784. The van der Waals surface area contributed by atoms with Crippen molar-refractivity contribution < 1.29 is 23.1 Å². The molecule has 0 atom stereocenters. The zero-order chi connectivity index (χ0) is 16.9. The molecule has 4 fully saturated rings. The molecule has 0 saturated heterocycles. The molecule has 4 saturated carbocycles. The summed E-state index contributed by atoms with van der Waals surface area (Å²) in [4.78, 5) is 24.7. The lowest BCUT2D eigenvalue weighted by Crippen LogP contribution is -2.51. The molecule has 4 bridgehead atoms. The fourth-order valence-corrected chi connectivity index (χ4v) is 5.47. The Bertz CT molecular complexity index is 663. The second-order valence-corrected chi connectivity index (χ2v) is 7.82. The van der Waals surface area contributed by atoms with Gasteiger partial charge in [-0.25, -0.2) is 13.6 Å². The molecule has 24 heavy (non-hydrogen) atoms. The molecule has 128 valence electrons. The maximum atomic E-state index is 13.6. The molecule has 0 aliphatic heterocycles. The largest absolute Gasteiger partial charge is 0.454 e. The van der Waals surface area contributed by atoms with Gasteiger partial charge in [-0.3, -0.25) is 4.79 Å². The van der Waals surface area contributed by atoms with E-state index in [9.17, 15) is 18.4 Å². The van der Waals surface area contributed by atoms with Gasteiger partial charge in [0.05, 0.1) is 5.56 Å². The van der Waals surface area contributed by atoms with Gasteiger partial charge in [0.15, 0.2) is 12.4 Å². The highest BCUT2D eigenvalue weighted by Crippen LogP contribution is 2.60. The molecule has 0 heterocycles. The van der Waals surface area contributed by atoms with Crippen LogP contribution < -0.4 is 0 Å². The van der Waals surface area contributed by atoms with Crippen molar-refractivity contribution in [2.24, 2.45) is 23.2 Å². The summed E-state index contributed by atoms with van der Waals surface area (Å²) in [7, 11) is 0. The zero-order valence-electron chi connectivity index (χ0n) is 13.4. The average molecular weight is 334 g/mol. The first-order valence-corrected chi connectivity index (χ1v) is 8.61. The van der Waals surface area contributed by atoms with Crippen molar-refractivity contribution in [3.63, 3.8) is 0 Å². The second-order valence-electron chi connectivity index (χ2n) is 7.82. The molecule has 0 N–H and O–H groups in total. The molecule has 0 spiro atoms. The van der Waals surface area contributed by atoms with Crippen LogP contribution in [0.25, 0.3) is 0 Å². The summed E-state index contributed by atoms with van der Waals surface area (Å²) in [6.07, 6.45) is 6.40. The molecular formula is C19H20F2O3. The Labute approximate surface area is 139 Å². The number of esters is 1. The normalized spacial score (nSPS) is 33.5. The van der Waals surface area contributed by atoms with Crippen LogP contribution in [0.15, 0.2) is 18.2 Å². The molecule has 1 aromatic rings. The number of carbonyl (C=O) groups excluding carboxylic acids is 2. The SMILES string of the molecule is O=C(OCC(=O)C12CC3CC(CC(C3)C1)C2)c1ccc(F)cc1F. The van der Waals surface area contributed by atoms with Crippen LogP contribution in [0.1, 0.15) is 48.9 Å². The van der Waals surface area contributed by atoms with Crippen molar-refractivity contribution in [1.29, 1.82) is 0 Å². The van der Waals surface area contributed by atoms with Crippen LogP contribution in [0.4, 0.5) is 8.78 Å². The van der Waals surface area contributed by atoms with Gasteiger partial charge < -0.3 is 4.74 Å². The Morgan fingerprint density at radius 2 is 1.62 bits per heavy atom. The maximum absolute atomic E-state index is 13.6. The highest BCUT2D eigenvalue weighted by atomic mass is 19.1. The van der Waals surface area contributed by atoms with E-state index in [0.717, 1.165) is 31.4 Å². The first-order valence-electron chi connectivity index (χ1n) is 8.61. The van der Waals surface area contributed by atoms with Gasteiger partial charge in [-0.15, -0.1) is 0 Å². The fourth-order valence-electron chi connectivity index (χ4n) is 5.47. The predicted octanol–water partition coefficient (Wildman–Crippen LogP) is 3.91. The van der Waals surface area contributed by atoms with E-state index in [2.05, 4.69) is 0 Å². The number of ketones is 1. The van der Waals surface area contributed by atoms with Crippen LogP contribution in [0, 0.1) is 34.8 Å². The number of halogens is 2. The van der Waals surface area contributed by atoms with E-state index in [1.165, 1.54) is 19.3 Å². The monoisotopic (exact) mass is 334 g/mol. The summed E-state index contributed by atoms with van der Waals surface area (Å²) in [6.45, 7) is -0.318. The molecule has 5 rings (SSSR count). The minimum absolute atomic E-state index is 0.0301. The van der Waals surface area contributed by atoms with E-state index in [1.807, 2.05) is 0 Å². The van der Waals surface area contributed by atoms with Crippen molar-refractivity contribution in [1.82, 2.24) is 0 Å². The lowest BCUT2D eigenvalue weighted by Gasteiger charge is -2.55. The Hall–Kier alpha value is -1.78. The highest BCUT2D eigenvalue weighted by molar-refractivity contribution is 5.93. The van der Waals surface area contributed by atoms with E-state index in [1.54, 1.807) is 0 Å². The summed E-state index contributed by atoms with van der Waals surface area (Å²) in [5, 5.41) is 0. The smallest absolute Gasteiger partial charge is 0.341 e. The van der Waals surface area contributed by atoms with Gasteiger partial charge >= 0.3 is 5.97 Å². The van der Waals surface area contributed by atoms with Crippen LogP contribution in [-0.2, 0) is 9.53 Å². The summed E-state index contributed by atoms with van der Waals surface area (Å²) in [5.74, 6) is -0.777. The standard InChI is InChI=1S/C19H20F2O3/c20-14-1-2-15(16(21)6-14)18(23)24-10-17(22)19-7-11-3-12(8-19)5-13(4-11)9-19/h1-2,6,11-13H,3-5,7-10H2. The van der Waals surface area contributed by atoms with Crippen molar-refractivity contribution in [3.05, 3.63) is 35.4 Å². The molecule has 0 radical (unpaired) electrons. The number of hydrogen-bond acceptors (Lipinski definition) is 3. The Morgan fingerprint density at radius 3 is 2.17 bits per heavy atom. The molecule has 5 heteroatoms. The minimum Gasteiger partial charge on any atom is -0.454 e. The molecule has 0 amide bonds. The van der Waals surface area contributed by atoms with Gasteiger partial charge in [0, 0.05) is 11.5 Å². The molecule has 4 aliphatic carbocycles. The third-order valence-corrected chi connectivity index (χ3v) is 6.12. The van der Waals surface area contributed by atoms with E-state index < -0.39 is 17.6 Å². The lowest BCUT2D eigenvalue weighted by atomic mass is 9.48. The van der Waals surface area contributed by atoms with Crippen LogP contribution >= 0.6 is 0 Å². The second kappa shape index (κ2) is 5.64. The van der Waals surface area contributed by atoms with Gasteiger partial charge in [-0.05, 0) is 68.4 Å². The van der Waals surface area contributed by atoms with Crippen LogP contribution in [0.2, 0.25) is 0 Å². The van der Waals surface area contributed by atoms with Gasteiger partial charge in [-0.1, -0.05) is 0 Å². The average Bonchev–Trinajstić information content (AvgIpc) is 2.51. The van der Waals surface area contributed by atoms with Crippen molar-refractivity contribution >= 4 is 11.8 Å². The Kier molecular flexibility index (Phi) is 3.70. The summed E-state index contributed by atoms with van der Waals surface area (Å²) in [6, 6.07) is 2.68. The van der Waals surface area contributed by atoms with Crippen LogP contribution in [0.3, 0.4) is 0 Å². The minimum atomic E-state index is -0.970. The molecule has 1 aromatic carbocycles. The van der Waals surface area contributed by atoms with Gasteiger partial charge in [0.25, 0.3) is 0 Å². The fraction of sp³-hybridized carbons (Fsp3) is 0.579. The lowest BCUT2D eigenvalue weighted by molar-refractivity contribution is -0.147. The topological polar surface area (TPSA) is 43.4 Å². The maximum Gasteiger partial charge on any atom is 0.341 e. The molecule has 0 unspecified atom stereocenters. The summed E-state index contributed by atoms with van der Waals surface area (Å²) >= 11 is 0. The molecule has 0 aromatic heterocycles. The number of hydrogen-bond donors (Lipinski definition) is 0. The summed E-state index contributed by atoms with van der Waals surface area (Å²) in [5.41, 5.74) is -0.675. The van der Waals surface area contributed by atoms with E-state index in [-0.39, 0.29) is 23.4 Å².